The SMILES string of the molecule is CCCC(=O)N=C1S[C@H]2CS(=O)(=O)C[C@H]2N1c1ccc2c(c1)OCCO2. The summed E-state index contributed by atoms with van der Waals surface area (Å²) in [5.74, 6) is 1.30. The van der Waals surface area contributed by atoms with Crippen LogP contribution in [-0.4, -0.2) is 55.5 Å². The third-order valence-electron chi connectivity index (χ3n) is 4.55. The summed E-state index contributed by atoms with van der Waals surface area (Å²) in [6.07, 6.45) is 1.11. The highest BCUT2D eigenvalue weighted by Gasteiger charge is 2.49. The normalized spacial score (nSPS) is 27.6. The maximum Gasteiger partial charge on any atom is 0.248 e. The lowest BCUT2D eigenvalue weighted by Crippen LogP contribution is -2.37. The second kappa shape index (κ2) is 6.77. The van der Waals surface area contributed by atoms with Gasteiger partial charge in [-0.05, 0) is 18.6 Å². The smallest absolute Gasteiger partial charge is 0.248 e. The van der Waals surface area contributed by atoms with E-state index in [2.05, 4.69) is 4.99 Å². The van der Waals surface area contributed by atoms with Crippen molar-refractivity contribution >= 4 is 38.4 Å². The van der Waals surface area contributed by atoms with Gasteiger partial charge in [-0.25, -0.2) is 8.42 Å². The number of anilines is 1. The molecule has 0 spiro atoms. The van der Waals surface area contributed by atoms with Crippen molar-refractivity contribution in [1.82, 2.24) is 0 Å². The molecule has 3 aliphatic rings. The van der Waals surface area contributed by atoms with E-state index in [1.54, 1.807) is 0 Å². The zero-order chi connectivity index (χ0) is 18.3. The summed E-state index contributed by atoms with van der Waals surface area (Å²) in [6, 6.07) is 5.29. The van der Waals surface area contributed by atoms with Crippen LogP contribution in [0.5, 0.6) is 11.5 Å². The van der Waals surface area contributed by atoms with E-state index >= 15 is 0 Å². The molecule has 2 fully saturated rings. The number of amidine groups is 1. The van der Waals surface area contributed by atoms with Gasteiger partial charge in [0.2, 0.25) is 5.91 Å². The number of sulfone groups is 1. The lowest BCUT2D eigenvalue weighted by Gasteiger charge is -2.26. The summed E-state index contributed by atoms with van der Waals surface area (Å²) in [4.78, 5) is 18.2. The summed E-state index contributed by atoms with van der Waals surface area (Å²) < 4.78 is 35.4. The number of hydrogen-bond donors (Lipinski definition) is 0. The monoisotopic (exact) mass is 396 g/mol. The van der Waals surface area contributed by atoms with Gasteiger partial charge >= 0.3 is 0 Å². The molecule has 0 bridgehead atoms. The Morgan fingerprint density at radius 3 is 2.81 bits per heavy atom. The molecule has 140 valence electrons. The molecule has 7 nitrogen and oxygen atoms in total. The van der Waals surface area contributed by atoms with Crippen LogP contribution in [0.1, 0.15) is 19.8 Å². The van der Waals surface area contributed by atoms with Gasteiger partial charge in [0, 0.05) is 23.4 Å². The third-order valence-corrected chi connectivity index (χ3v) is 7.76. The molecule has 0 saturated carbocycles. The maximum absolute atomic E-state index is 12.1. The topological polar surface area (TPSA) is 85.3 Å². The molecule has 3 aliphatic heterocycles. The van der Waals surface area contributed by atoms with Crippen molar-refractivity contribution in [2.45, 2.75) is 31.1 Å². The number of carbonyl (C=O) groups is 1. The van der Waals surface area contributed by atoms with E-state index in [1.165, 1.54) is 11.8 Å². The number of rotatable bonds is 3. The molecule has 1 aromatic rings. The molecule has 26 heavy (non-hydrogen) atoms. The van der Waals surface area contributed by atoms with Gasteiger partial charge < -0.3 is 14.4 Å². The minimum atomic E-state index is -3.08. The number of fused-ring (bicyclic) bond motifs is 2. The molecule has 9 heteroatoms. The molecular weight excluding hydrogens is 376 g/mol. The summed E-state index contributed by atoms with van der Waals surface area (Å²) >= 11 is 1.38. The first-order valence-electron chi connectivity index (χ1n) is 8.64. The van der Waals surface area contributed by atoms with Crippen molar-refractivity contribution in [3.63, 3.8) is 0 Å². The molecular formula is C17H20N2O5S2. The predicted molar refractivity (Wildman–Crippen MR) is 101 cm³/mol. The van der Waals surface area contributed by atoms with Crippen molar-refractivity contribution in [3.05, 3.63) is 18.2 Å². The molecule has 1 aromatic carbocycles. The zero-order valence-corrected chi connectivity index (χ0v) is 16.0. The standard InChI is InChI=1S/C17H20N2O5S2/c1-2-3-16(20)18-17-19(12-9-26(21,22)10-15(12)25-17)11-4-5-13-14(8-11)24-7-6-23-13/h4-5,8,12,15H,2-3,6-7,9-10H2,1H3/t12-,15+/m1/s1. The van der Waals surface area contributed by atoms with Gasteiger partial charge in [0.05, 0.1) is 17.5 Å². The molecule has 3 heterocycles. The van der Waals surface area contributed by atoms with Gasteiger partial charge in [-0.3, -0.25) is 4.79 Å². The third kappa shape index (κ3) is 3.29. The van der Waals surface area contributed by atoms with E-state index in [1.807, 2.05) is 30.0 Å². The van der Waals surface area contributed by atoms with Crippen LogP contribution in [0.25, 0.3) is 0 Å². The van der Waals surface area contributed by atoms with Gasteiger partial charge in [-0.1, -0.05) is 18.7 Å². The maximum atomic E-state index is 12.1. The number of amides is 1. The van der Waals surface area contributed by atoms with Gasteiger partial charge in [0.1, 0.15) is 13.2 Å². The highest BCUT2D eigenvalue weighted by molar-refractivity contribution is 8.16. The van der Waals surface area contributed by atoms with E-state index in [9.17, 15) is 13.2 Å². The summed E-state index contributed by atoms with van der Waals surface area (Å²) in [7, 11) is -3.08. The number of ether oxygens (including phenoxy) is 2. The first kappa shape index (κ1) is 17.7. The summed E-state index contributed by atoms with van der Waals surface area (Å²) in [5.41, 5.74) is 0.773. The second-order valence-electron chi connectivity index (χ2n) is 6.54. The van der Waals surface area contributed by atoms with Crippen LogP contribution in [0.2, 0.25) is 0 Å². The fourth-order valence-corrected chi connectivity index (χ4v) is 7.36. The van der Waals surface area contributed by atoms with Crippen molar-refractivity contribution in [3.8, 4) is 11.5 Å². The van der Waals surface area contributed by atoms with Crippen LogP contribution in [0.15, 0.2) is 23.2 Å². The molecule has 0 unspecified atom stereocenters. The van der Waals surface area contributed by atoms with Crippen molar-refractivity contribution < 1.29 is 22.7 Å². The largest absolute Gasteiger partial charge is 0.486 e. The molecule has 0 aliphatic carbocycles. The number of nitrogens with zero attached hydrogens (tertiary/aromatic N) is 2. The Hall–Kier alpha value is -1.74. The number of aliphatic imine (C=N–C) groups is 1. The number of carbonyl (C=O) groups excluding carboxylic acids is 1. The predicted octanol–water partition coefficient (Wildman–Crippen LogP) is 1.86. The van der Waals surface area contributed by atoms with Crippen LogP contribution < -0.4 is 14.4 Å². The van der Waals surface area contributed by atoms with E-state index in [0.29, 0.717) is 36.3 Å². The number of benzene rings is 1. The Labute approximate surface area is 156 Å². The molecule has 2 saturated heterocycles. The van der Waals surface area contributed by atoms with Crippen molar-refractivity contribution in [2.75, 3.05) is 29.6 Å². The number of hydrogen-bond acceptors (Lipinski definition) is 6. The van der Waals surface area contributed by atoms with Gasteiger partial charge in [-0.15, -0.1) is 0 Å². The molecule has 4 rings (SSSR count). The second-order valence-corrected chi connectivity index (χ2v) is 9.90. The fourth-order valence-electron chi connectivity index (χ4n) is 3.42. The average Bonchev–Trinajstić information content (AvgIpc) is 3.05. The highest BCUT2D eigenvalue weighted by Crippen LogP contribution is 2.43. The Morgan fingerprint density at radius 1 is 1.27 bits per heavy atom. The van der Waals surface area contributed by atoms with Crippen LogP contribution >= 0.6 is 11.8 Å². The number of thioether (sulfide) groups is 1. The van der Waals surface area contributed by atoms with Crippen LogP contribution in [0.3, 0.4) is 0 Å². The molecule has 0 N–H and O–H groups in total. The van der Waals surface area contributed by atoms with E-state index < -0.39 is 9.84 Å². The lowest BCUT2D eigenvalue weighted by molar-refractivity contribution is -0.117. The molecule has 0 radical (unpaired) electrons. The Morgan fingerprint density at radius 2 is 2.04 bits per heavy atom. The molecule has 1 amide bonds. The van der Waals surface area contributed by atoms with Crippen molar-refractivity contribution in [1.29, 1.82) is 0 Å². The van der Waals surface area contributed by atoms with Crippen LogP contribution in [-0.2, 0) is 14.6 Å². The van der Waals surface area contributed by atoms with Crippen LogP contribution in [0, 0.1) is 0 Å². The van der Waals surface area contributed by atoms with Gasteiger partial charge in [0.15, 0.2) is 26.5 Å². The summed E-state index contributed by atoms with van der Waals surface area (Å²) in [5, 5.41) is 0.464. The minimum absolute atomic E-state index is 0.0695. The molecule has 0 aromatic heterocycles. The quantitative estimate of drug-likeness (QED) is 0.771. The van der Waals surface area contributed by atoms with Crippen molar-refractivity contribution in [2.24, 2.45) is 4.99 Å². The zero-order valence-electron chi connectivity index (χ0n) is 14.4. The van der Waals surface area contributed by atoms with Gasteiger partial charge in [0.25, 0.3) is 0 Å². The minimum Gasteiger partial charge on any atom is -0.486 e. The van der Waals surface area contributed by atoms with E-state index in [4.69, 9.17) is 9.47 Å². The van der Waals surface area contributed by atoms with E-state index in [-0.39, 0.29) is 28.7 Å². The van der Waals surface area contributed by atoms with E-state index in [0.717, 1.165) is 12.1 Å². The van der Waals surface area contributed by atoms with Crippen LogP contribution in [0.4, 0.5) is 5.69 Å². The first-order chi connectivity index (χ1) is 12.5. The molecule has 2 atom stereocenters. The first-order valence-corrected chi connectivity index (χ1v) is 11.3. The summed E-state index contributed by atoms with van der Waals surface area (Å²) in [6.45, 7) is 2.91. The lowest BCUT2D eigenvalue weighted by atomic mass is 10.2. The average molecular weight is 396 g/mol. The Bertz CT molecular complexity index is 868. The highest BCUT2D eigenvalue weighted by atomic mass is 32.2. The van der Waals surface area contributed by atoms with Gasteiger partial charge in [-0.2, -0.15) is 4.99 Å². The Balaban J connectivity index is 1.72. The Kier molecular flexibility index (Phi) is 4.60. The fraction of sp³-hybridized carbons (Fsp3) is 0.529.